The van der Waals surface area contributed by atoms with Crippen LogP contribution in [0, 0.1) is 5.82 Å². The molecule has 19 heavy (non-hydrogen) atoms. The van der Waals surface area contributed by atoms with Crippen LogP contribution in [0.2, 0.25) is 0 Å². The van der Waals surface area contributed by atoms with Gasteiger partial charge < -0.3 is 16.2 Å². The molecule has 1 amide bonds. The van der Waals surface area contributed by atoms with Crippen molar-refractivity contribution in [2.45, 2.75) is 0 Å². The van der Waals surface area contributed by atoms with E-state index in [1.807, 2.05) is 0 Å². The maximum atomic E-state index is 13.5. The lowest BCUT2D eigenvalue weighted by atomic mass is 10.2. The molecular formula is C13H10BrFN2O2. The van der Waals surface area contributed by atoms with E-state index in [0.717, 1.165) is 6.07 Å². The Morgan fingerprint density at radius 2 is 2.00 bits per heavy atom. The Labute approximate surface area is 117 Å². The third-order valence-corrected chi connectivity index (χ3v) is 2.94. The van der Waals surface area contributed by atoms with Crippen molar-refractivity contribution in [2.75, 3.05) is 11.1 Å². The zero-order valence-corrected chi connectivity index (χ0v) is 11.2. The van der Waals surface area contributed by atoms with Gasteiger partial charge in [0.25, 0.3) is 5.91 Å². The molecular weight excluding hydrogens is 315 g/mol. The van der Waals surface area contributed by atoms with E-state index in [9.17, 15) is 14.3 Å². The summed E-state index contributed by atoms with van der Waals surface area (Å²) in [4.78, 5) is 12.0. The highest BCUT2D eigenvalue weighted by Gasteiger charge is 2.14. The van der Waals surface area contributed by atoms with Crippen molar-refractivity contribution in [1.29, 1.82) is 0 Å². The van der Waals surface area contributed by atoms with Gasteiger partial charge in [0, 0.05) is 10.2 Å². The number of anilines is 2. The number of nitrogen functional groups attached to an aromatic ring is 1. The van der Waals surface area contributed by atoms with Crippen LogP contribution < -0.4 is 11.1 Å². The second kappa shape index (κ2) is 5.27. The topological polar surface area (TPSA) is 75.3 Å². The largest absolute Gasteiger partial charge is 0.507 e. The zero-order valence-electron chi connectivity index (χ0n) is 9.65. The molecule has 0 aliphatic heterocycles. The number of amides is 1. The summed E-state index contributed by atoms with van der Waals surface area (Å²) in [6.07, 6.45) is 0. The first-order chi connectivity index (χ1) is 8.97. The fourth-order valence-electron chi connectivity index (χ4n) is 1.52. The minimum atomic E-state index is -0.622. The lowest BCUT2D eigenvalue weighted by Gasteiger charge is -2.08. The minimum absolute atomic E-state index is 0.0376. The fraction of sp³-hybridized carbons (Fsp3) is 0. The van der Waals surface area contributed by atoms with E-state index >= 15 is 0 Å². The molecule has 0 atom stereocenters. The van der Waals surface area contributed by atoms with Crippen LogP contribution in [0.15, 0.2) is 40.9 Å². The van der Waals surface area contributed by atoms with Crippen molar-refractivity contribution in [3.63, 3.8) is 0 Å². The molecule has 0 spiro atoms. The number of carbonyl (C=O) groups excluding carboxylic acids is 1. The summed E-state index contributed by atoms with van der Waals surface area (Å²) >= 11 is 3.19. The smallest absolute Gasteiger partial charge is 0.259 e. The van der Waals surface area contributed by atoms with Crippen LogP contribution in [0.5, 0.6) is 5.75 Å². The first kappa shape index (κ1) is 13.4. The molecule has 0 aromatic heterocycles. The summed E-state index contributed by atoms with van der Waals surface area (Å²) in [5.41, 5.74) is 5.85. The van der Waals surface area contributed by atoms with E-state index in [1.165, 1.54) is 24.3 Å². The summed E-state index contributed by atoms with van der Waals surface area (Å²) in [5.74, 6) is -1.41. The average Bonchev–Trinajstić information content (AvgIpc) is 2.36. The third-order valence-electron chi connectivity index (χ3n) is 2.44. The van der Waals surface area contributed by atoms with E-state index in [-0.39, 0.29) is 17.0 Å². The van der Waals surface area contributed by atoms with E-state index in [4.69, 9.17) is 5.73 Å². The van der Waals surface area contributed by atoms with Gasteiger partial charge >= 0.3 is 0 Å². The molecule has 0 saturated heterocycles. The zero-order chi connectivity index (χ0) is 14.0. The first-order valence-electron chi connectivity index (χ1n) is 5.32. The van der Waals surface area contributed by atoms with Crippen molar-refractivity contribution in [3.05, 3.63) is 52.3 Å². The molecule has 98 valence electrons. The van der Waals surface area contributed by atoms with Crippen LogP contribution in [-0.2, 0) is 0 Å². The number of nitrogens with one attached hydrogen (secondary N) is 1. The highest BCUT2D eigenvalue weighted by Crippen LogP contribution is 2.24. The lowest BCUT2D eigenvalue weighted by Crippen LogP contribution is -2.13. The molecule has 0 unspecified atom stereocenters. The molecule has 2 aromatic rings. The quantitative estimate of drug-likeness (QED) is 0.743. The monoisotopic (exact) mass is 324 g/mol. The van der Waals surface area contributed by atoms with Crippen molar-refractivity contribution in [2.24, 2.45) is 0 Å². The number of aromatic hydroxyl groups is 1. The molecule has 0 bridgehead atoms. The van der Waals surface area contributed by atoms with Crippen LogP contribution in [0.4, 0.5) is 15.8 Å². The highest BCUT2D eigenvalue weighted by atomic mass is 79.9. The number of nitrogens with two attached hydrogens (primary N) is 1. The summed E-state index contributed by atoms with van der Waals surface area (Å²) in [6, 6.07) is 8.26. The number of phenolic OH excluding ortho intramolecular Hbond substituents is 1. The van der Waals surface area contributed by atoms with Gasteiger partial charge in [-0.1, -0.05) is 15.9 Å². The van der Waals surface area contributed by atoms with Crippen LogP contribution in [-0.4, -0.2) is 11.0 Å². The maximum absolute atomic E-state index is 13.5. The molecule has 6 heteroatoms. The molecule has 4 nitrogen and oxygen atoms in total. The minimum Gasteiger partial charge on any atom is -0.507 e. The van der Waals surface area contributed by atoms with Crippen LogP contribution in [0.1, 0.15) is 10.4 Å². The maximum Gasteiger partial charge on any atom is 0.259 e. The van der Waals surface area contributed by atoms with Gasteiger partial charge in [0.1, 0.15) is 11.6 Å². The second-order valence-electron chi connectivity index (χ2n) is 3.85. The Bertz CT molecular complexity index is 647. The van der Waals surface area contributed by atoms with Crippen molar-refractivity contribution in [3.8, 4) is 5.75 Å². The summed E-state index contributed by atoms with van der Waals surface area (Å²) < 4.78 is 14.1. The van der Waals surface area contributed by atoms with Crippen molar-refractivity contribution in [1.82, 2.24) is 0 Å². The number of hydrogen-bond donors (Lipinski definition) is 3. The van der Waals surface area contributed by atoms with E-state index in [0.29, 0.717) is 10.2 Å². The highest BCUT2D eigenvalue weighted by molar-refractivity contribution is 9.10. The van der Waals surface area contributed by atoms with Gasteiger partial charge in [-0.3, -0.25) is 4.79 Å². The third kappa shape index (κ3) is 3.03. The number of halogens is 2. The summed E-state index contributed by atoms with van der Waals surface area (Å²) in [7, 11) is 0. The fourth-order valence-corrected chi connectivity index (χ4v) is 1.88. The molecule has 4 N–H and O–H groups in total. The van der Waals surface area contributed by atoms with Gasteiger partial charge in [-0.15, -0.1) is 0 Å². The van der Waals surface area contributed by atoms with Gasteiger partial charge in [-0.25, -0.2) is 4.39 Å². The predicted octanol–water partition coefficient (Wildman–Crippen LogP) is 3.13. The Morgan fingerprint density at radius 1 is 1.26 bits per heavy atom. The number of phenols is 1. The molecule has 0 fully saturated rings. The van der Waals surface area contributed by atoms with Crippen LogP contribution >= 0.6 is 15.9 Å². The number of hydrogen-bond acceptors (Lipinski definition) is 3. The van der Waals surface area contributed by atoms with Gasteiger partial charge in [0.15, 0.2) is 0 Å². The van der Waals surface area contributed by atoms with Gasteiger partial charge in [-0.05, 0) is 36.4 Å². The second-order valence-corrected chi connectivity index (χ2v) is 4.77. The first-order valence-corrected chi connectivity index (χ1v) is 6.11. The molecule has 0 saturated carbocycles. The molecule has 0 heterocycles. The molecule has 0 aliphatic carbocycles. The Balaban J connectivity index is 2.30. The van der Waals surface area contributed by atoms with Crippen molar-refractivity contribution < 1.29 is 14.3 Å². The van der Waals surface area contributed by atoms with Gasteiger partial charge in [0.05, 0.1) is 11.3 Å². The lowest BCUT2D eigenvalue weighted by molar-refractivity contribution is 0.102. The van der Waals surface area contributed by atoms with Crippen LogP contribution in [0.3, 0.4) is 0 Å². The van der Waals surface area contributed by atoms with E-state index < -0.39 is 11.7 Å². The standard InChI is InChI=1S/C13H10BrFN2O2/c14-7-1-4-12(18)9(5-7)13(19)17-11-6-8(16)2-3-10(11)15/h1-6,18H,16H2,(H,17,19). The Hall–Kier alpha value is -2.08. The Kier molecular flexibility index (Phi) is 3.71. The average molecular weight is 325 g/mol. The van der Waals surface area contributed by atoms with Gasteiger partial charge in [-0.2, -0.15) is 0 Å². The van der Waals surface area contributed by atoms with Crippen LogP contribution in [0.25, 0.3) is 0 Å². The number of benzene rings is 2. The summed E-state index contributed by atoms with van der Waals surface area (Å²) in [6.45, 7) is 0. The number of rotatable bonds is 2. The summed E-state index contributed by atoms with van der Waals surface area (Å²) in [5, 5.41) is 12.0. The van der Waals surface area contributed by atoms with Gasteiger partial charge in [0.2, 0.25) is 0 Å². The molecule has 2 rings (SSSR count). The molecule has 2 aromatic carbocycles. The van der Waals surface area contributed by atoms with E-state index in [2.05, 4.69) is 21.2 Å². The normalized spacial score (nSPS) is 10.2. The Morgan fingerprint density at radius 3 is 2.74 bits per heavy atom. The predicted molar refractivity (Wildman–Crippen MR) is 74.6 cm³/mol. The molecule has 0 aliphatic rings. The molecule has 0 radical (unpaired) electrons. The van der Waals surface area contributed by atoms with Crippen molar-refractivity contribution >= 4 is 33.2 Å². The SMILES string of the molecule is Nc1ccc(F)c(NC(=O)c2cc(Br)ccc2O)c1. The number of carbonyl (C=O) groups is 1. The van der Waals surface area contributed by atoms with E-state index in [1.54, 1.807) is 6.07 Å².